The average Bonchev–Trinajstić information content (AvgIpc) is 2.30. The van der Waals surface area contributed by atoms with Crippen LogP contribution in [0.1, 0.15) is 24.2 Å². The van der Waals surface area contributed by atoms with Crippen LogP contribution in [0.5, 0.6) is 0 Å². The predicted octanol–water partition coefficient (Wildman–Crippen LogP) is 2.90. The molecule has 5 heteroatoms. The lowest BCUT2D eigenvalue weighted by Crippen LogP contribution is -2.45. The number of carbonyl (C=O) groups excluding carboxylic acids is 1. The molecule has 0 spiro atoms. The summed E-state index contributed by atoms with van der Waals surface area (Å²) in [7, 11) is 3.89. The molecule has 1 aromatic rings. The molecule has 0 aliphatic rings. The number of hydrogen-bond acceptors (Lipinski definition) is 2. The third-order valence-corrected chi connectivity index (χ3v) is 3.35. The van der Waals surface area contributed by atoms with E-state index in [1.165, 1.54) is 12.1 Å². The highest BCUT2D eigenvalue weighted by molar-refractivity contribution is 9.10. The lowest BCUT2D eigenvalue weighted by Gasteiger charge is -2.25. The van der Waals surface area contributed by atoms with E-state index in [9.17, 15) is 9.18 Å². The molecule has 0 radical (unpaired) electrons. The van der Waals surface area contributed by atoms with Crippen molar-refractivity contribution in [2.75, 3.05) is 20.6 Å². The van der Waals surface area contributed by atoms with Gasteiger partial charge in [-0.05, 0) is 38.2 Å². The van der Waals surface area contributed by atoms with E-state index in [1.54, 1.807) is 6.07 Å². The Balaban J connectivity index is 2.84. The minimum Gasteiger partial charge on any atom is -0.348 e. The van der Waals surface area contributed by atoms with E-state index in [2.05, 4.69) is 21.2 Å². The summed E-state index contributed by atoms with van der Waals surface area (Å²) < 4.78 is 14.3. The molecule has 0 aliphatic carbocycles. The van der Waals surface area contributed by atoms with Crippen molar-refractivity contribution in [1.29, 1.82) is 0 Å². The summed E-state index contributed by atoms with van der Waals surface area (Å²) in [6, 6.07) is 4.35. The third kappa shape index (κ3) is 4.91. The zero-order valence-corrected chi connectivity index (χ0v) is 13.3. The zero-order valence-electron chi connectivity index (χ0n) is 11.7. The molecular weight excluding hydrogens is 311 g/mol. The minimum absolute atomic E-state index is 0.0131. The fraction of sp³-hybridized carbons (Fsp3) is 0.500. The van der Waals surface area contributed by atoms with E-state index >= 15 is 0 Å². The summed E-state index contributed by atoms with van der Waals surface area (Å²) in [6.07, 6.45) is 0. The molecule has 0 heterocycles. The fourth-order valence-electron chi connectivity index (χ4n) is 1.73. The van der Waals surface area contributed by atoms with E-state index < -0.39 is 5.82 Å². The number of nitrogens with one attached hydrogen (secondary N) is 1. The Morgan fingerprint density at radius 1 is 1.42 bits per heavy atom. The van der Waals surface area contributed by atoms with Crippen LogP contribution in [-0.2, 0) is 0 Å². The first-order valence-electron chi connectivity index (χ1n) is 6.22. The maximum atomic E-state index is 13.6. The molecule has 0 saturated carbocycles. The second-order valence-electron chi connectivity index (χ2n) is 5.21. The van der Waals surface area contributed by atoms with Crippen molar-refractivity contribution in [3.05, 3.63) is 34.1 Å². The van der Waals surface area contributed by atoms with Gasteiger partial charge in [-0.2, -0.15) is 0 Å². The topological polar surface area (TPSA) is 32.3 Å². The lowest BCUT2D eigenvalue weighted by atomic mass is 10.0. The van der Waals surface area contributed by atoms with Crippen molar-refractivity contribution in [3.63, 3.8) is 0 Å². The second-order valence-corrected chi connectivity index (χ2v) is 6.13. The zero-order chi connectivity index (χ0) is 14.6. The van der Waals surface area contributed by atoms with Gasteiger partial charge < -0.3 is 10.2 Å². The molecule has 106 valence electrons. The number of rotatable bonds is 5. The maximum absolute atomic E-state index is 13.6. The van der Waals surface area contributed by atoms with Gasteiger partial charge in [0, 0.05) is 17.1 Å². The third-order valence-electron chi connectivity index (χ3n) is 2.86. The first kappa shape index (κ1) is 16.1. The summed E-state index contributed by atoms with van der Waals surface area (Å²) in [5.41, 5.74) is 0.0683. The molecule has 19 heavy (non-hydrogen) atoms. The van der Waals surface area contributed by atoms with Gasteiger partial charge in [-0.1, -0.05) is 29.8 Å². The summed E-state index contributed by atoms with van der Waals surface area (Å²) in [5.74, 6) is -0.603. The van der Waals surface area contributed by atoms with Gasteiger partial charge in [0.25, 0.3) is 5.91 Å². The average molecular weight is 331 g/mol. The number of nitrogens with zero attached hydrogens (tertiary/aromatic N) is 1. The molecule has 1 amide bonds. The summed E-state index contributed by atoms with van der Waals surface area (Å²) >= 11 is 3.25. The minimum atomic E-state index is -0.506. The molecule has 0 saturated heterocycles. The van der Waals surface area contributed by atoms with E-state index in [0.717, 1.165) is 6.54 Å². The van der Waals surface area contributed by atoms with Crippen LogP contribution in [0.15, 0.2) is 22.7 Å². The highest BCUT2D eigenvalue weighted by atomic mass is 79.9. The first-order valence-corrected chi connectivity index (χ1v) is 7.01. The standard InChI is InChI=1S/C14H20BrFN2O/c1-9(2)13(8-18(3)4)17-14(19)11-7-10(15)5-6-12(11)16/h5-7,9,13H,8H2,1-4H3,(H,17,19). The van der Waals surface area contributed by atoms with Crippen LogP contribution < -0.4 is 5.32 Å². The molecule has 1 N–H and O–H groups in total. The van der Waals surface area contributed by atoms with Crippen molar-refractivity contribution < 1.29 is 9.18 Å². The Morgan fingerprint density at radius 3 is 2.58 bits per heavy atom. The molecule has 0 aliphatic heterocycles. The van der Waals surface area contributed by atoms with E-state index in [4.69, 9.17) is 0 Å². The smallest absolute Gasteiger partial charge is 0.254 e. The summed E-state index contributed by atoms with van der Waals surface area (Å²) in [4.78, 5) is 14.1. The molecule has 0 aromatic heterocycles. The van der Waals surface area contributed by atoms with Gasteiger partial charge in [0.15, 0.2) is 0 Å². The molecule has 1 rings (SSSR count). The van der Waals surface area contributed by atoms with Crippen LogP contribution in [-0.4, -0.2) is 37.5 Å². The lowest BCUT2D eigenvalue weighted by molar-refractivity contribution is 0.0912. The Morgan fingerprint density at radius 2 is 2.05 bits per heavy atom. The van der Waals surface area contributed by atoms with E-state index in [1.807, 2.05) is 32.8 Å². The molecule has 1 unspecified atom stereocenters. The number of carbonyl (C=O) groups is 1. The van der Waals surface area contributed by atoms with Gasteiger partial charge in [0.05, 0.1) is 5.56 Å². The van der Waals surface area contributed by atoms with Gasteiger partial charge in [-0.15, -0.1) is 0 Å². The first-order chi connectivity index (χ1) is 8.81. The van der Waals surface area contributed by atoms with Gasteiger partial charge in [-0.25, -0.2) is 4.39 Å². The Bertz CT molecular complexity index is 449. The van der Waals surface area contributed by atoms with Crippen molar-refractivity contribution in [2.45, 2.75) is 19.9 Å². The Labute approximate surface area is 122 Å². The van der Waals surface area contributed by atoms with Crippen LogP contribution in [0.25, 0.3) is 0 Å². The maximum Gasteiger partial charge on any atom is 0.254 e. The van der Waals surface area contributed by atoms with Crippen LogP contribution in [0.3, 0.4) is 0 Å². The van der Waals surface area contributed by atoms with Gasteiger partial charge in [0.2, 0.25) is 0 Å². The molecule has 3 nitrogen and oxygen atoms in total. The van der Waals surface area contributed by atoms with E-state index in [0.29, 0.717) is 4.47 Å². The van der Waals surface area contributed by atoms with Crippen LogP contribution in [0.2, 0.25) is 0 Å². The van der Waals surface area contributed by atoms with Gasteiger partial charge in [-0.3, -0.25) is 4.79 Å². The van der Waals surface area contributed by atoms with Gasteiger partial charge >= 0.3 is 0 Å². The number of amides is 1. The molecule has 0 bridgehead atoms. The second kappa shape index (κ2) is 7.01. The van der Waals surface area contributed by atoms with Crippen molar-refractivity contribution >= 4 is 21.8 Å². The molecule has 1 atom stereocenters. The van der Waals surface area contributed by atoms with Crippen molar-refractivity contribution in [3.8, 4) is 0 Å². The number of benzene rings is 1. The molecule has 1 aromatic carbocycles. The van der Waals surface area contributed by atoms with E-state index in [-0.39, 0.29) is 23.4 Å². The number of hydrogen-bond donors (Lipinski definition) is 1. The van der Waals surface area contributed by atoms with Crippen molar-refractivity contribution in [1.82, 2.24) is 10.2 Å². The fourth-order valence-corrected chi connectivity index (χ4v) is 2.10. The molecule has 0 fully saturated rings. The largest absolute Gasteiger partial charge is 0.348 e. The van der Waals surface area contributed by atoms with Crippen LogP contribution in [0.4, 0.5) is 4.39 Å². The summed E-state index contributed by atoms with van der Waals surface area (Å²) in [6.45, 7) is 4.79. The highest BCUT2D eigenvalue weighted by Gasteiger charge is 2.20. The number of likely N-dealkylation sites (N-methyl/N-ethyl adjacent to an activating group) is 1. The quantitative estimate of drug-likeness (QED) is 0.900. The SMILES string of the molecule is CC(C)C(CN(C)C)NC(=O)c1cc(Br)ccc1F. The van der Waals surface area contributed by atoms with Crippen LogP contribution >= 0.6 is 15.9 Å². The Hall–Kier alpha value is -0.940. The number of halogens is 2. The summed E-state index contributed by atoms with van der Waals surface area (Å²) in [5, 5.41) is 2.89. The predicted molar refractivity (Wildman–Crippen MR) is 78.7 cm³/mol. The Kier molecular flexibility index (Phi) is 5.94. The van der Waals surface area contributed by atoms with Gasteiger partial charge in [0.1, 0.15) is 5.82 Å². The normalized spacial score (nSPS) is 12.8. The van der Waals surface area contributed by atoms with Crippen LogP contribution in [0, 0.1) is 11.7 Å². The monoisotopic (exact) mass is 330 g/mol. The van der Waals surface area contributed by atoms with Crippen molar-refractivity contribution in [2.24, 2.45) is 5.92 Å². The highest BCUT2D eigenvalue weighted by Crippen LogP contribution is 2.16. The molecular formula is C14H20BrFN2O.